The van der Waals surface area contributed by atoms with E-state index in [0.29, 0.717) is 28.6 Å². The van der Waals surface area contributed by atoms with Crippen molar-refractivity contribution in [2.75, 3.05) is 26.1 Å². The number of hydrogen-bond acceptors (Lipinski definition) is 7. The molecule has 28 heavy (non-hydrogen) atoms. The van der Waals surface area contributed by atoms with Gasteiger partial charge in [-0.15, -0.1) is 5.10 Å². The molecular weight excluding hydrogens is 362 g/mol. The van der Waals surface area contributed by atoms with Gasteiger partial charge in [0.15, 0.2) is 23.9 Å². The van der Waals surface area contributed by atoms with E-state index in [-0.39, 0.29) is 12.6 Å². The van der Waals surface area contributed by atoms with Crippen LogP contribution in [0.3, 0.4) is 0 Å². The zero-order valence-corrected chi connectivity index (χ0v) is 15.2. The van der Waals surface area contributed by atoms with Crippen LogP contribution in [0.15, 0.2) is 42.5 Å². The standard InChI is InChI=1S/C19H17N5O4/c1-26-14-6-4-3-5-13(14)18-22-19(24-23-18)21-17(25)11-28-15-8-7-12(10-20)9-16(15)27-2/h3-9H,11H2,1-2H3,(H2,21,22,23,24,25). The molecule has 0 saturated heterocycles. The molecule has 0 atom stereocenters. The largest absolute Gasteiger partial charge is 0.496 e. The molecule has 9 nitrogen and oxygen atoms in total. The molecule has 142 valence electrons. The molecule has 0 bridgehead atoms. The normalized spacial score (nSPS) is 10.0. The number of nitrogens with one attached hydrogen (secondary N) is 2. The molecule has 2 N–H and O–H groups in total. The van der Waals surface area contributed by atoms with Gasteiger partial charge in [0.1, 0.15) is 5.75 Å². The smallest absolute Gasteiger partial charge is 0.264 e. The number of anilines is 1. The average Bonchev–Trinajstić information content (AvgIpc) is 3.20. The summed E-state index contributed by atoms with van der Waals surface area (Å²) in [6, 6.07) is 14.0. The fraction of sp³-hybridized carbons (Fsp3) is 0.158. The third-order valence-corrected chi connectivity index (χ3v) is 3.75. The molecule has 1 heterocycles. The van der Waals surface area contributed by atoms with E-state index < -0.39 is 5.91 Å². The number of ether oxygens (including phenoxy) is 3. The van der Waals surface area contributed by atoms with Crippen LogP contribution in [-0.4, -0.2) is 41.9 Å². The van der Waals surface area contributed by atoms with Crippen molar-refractivity contribution in [1.82, 2.24) is 15.2 Å². The zero-order valence-electron chi connectivity index (χ0n) is 15.2. The van der Waals surface area contributed by atoms with Gasteiger partial charge in [-0.2, -0.15) is 10.2 Å². The molecule has 1 amide bonds. The summed E-state index contributed by atoms with van der Waals surface area (Å²) in [6.07, 6.45) is 0. The first-order chi connectivity index (χ1) is 13.6. The van der Waals surface area contributed by atoms with Crippen molar-refractivity contribution in [3.8, 4) is 34.7 Å². The van der Waals surface area contributed by atoms with E-state index in [9.17, 15) is 4.79 Å². The number of carbonyl (C=O) groups excluding carboxylic acids is 1. The molecule has 0 radical (unpaired) electrons. The summed E-state index contributed by atoms with van der Waals surface area (Å²) in [5.74, 6) is 1.47. The molecule has 0 spiro atoms. The van der Waals surface area contributed by atoms with Crippen LogP contribution in [0.4, 0.5) is 5.95 Å². The van der Waals surface area contributed by atoms with E-state index in [0.717, 1.165) is 5.56 Å². The minimum absolute atomic E-state index is 0.112. The zero-order chi connectivity index (χ0) is 19.9. The van der Waals surface area contributed by atoms with Gasteiger partial charge in [0.2, 0.25) is 5.95 Å². The van der Waals surface area contributed by atoms with Gasteiger partial charge in [0.25, 0.3) is 5.91 Å². The topological polar surface area (TPSA) is 122 Å². The second-order valence-corrected chi connectivity index (χ2v) is 5.52. The Morgan fingerprint density at radius 2 is 1.93 bits per heavy atom. The Morgan fingerprint density at radius 3 is 2.68 bits per heavy atom. The van der Waals surface area contributed by atoms with Crippen LogP contribution in [0.5, 0.6) is 17.2 Å². The first kappa shape index (κ1) is 18.7. The molecule has 0 saturated carbocycles. The average molecular weight is 379 g/mol. The van der Waals surface area contributed by atoms with Crippen LogP contribution in [0.25, 0.3) is 11.4 Å². The van der Waals surface area contributed by atoms with Gasteiger partial charge in [-0.3, -0.25) is 15.2 Å². The van der Waals surface area contributed by atoms with Gasteiger partial charge in [0, 0.05) is 6.07 Å². The fourth-order valence-corrected chi connectivity index (χ4v) is 2.44. The van der Waals surface area contributed by atoms with Gasteiger partial charge in [-0.1, -0.05) is 12.1 Å². The van der Waals surface area contributed by atoms with E-state index >= 15 is 0 Å². The summed E-state index contributed by atoms with van der Waals surface area (Å²) in [4.78, 5) is 16.4. The number of H-pyrrole nitrogens is 1. The maximum Gasteiger partial charge on any atom is 0.264 e. The summed E-state index contributed by atoms with van der Waals surface area (Å²) < 4.78 is 15.9. The lowest BCUT2D eigenvalue weighted by Gasteiger charge is -2.10. The van der Waals surface area contributed by atoms with Crippen molar-refractivity contribution >= 4 is 11.9 Å². The second-order valence-electron chi connectivity index (χ2n) is 5.52. The fourth-order valence-electron chi connectivity index (χ4n) is 2.44. The third-order valence-electron chi connectivity index (χ3n) is 3.75. The van der Waals surface area contributed by atoms with Gasteiger partial charge in [-0.05, 0) is 24.3 Å². The lowest BCUT2D eigenvalue weighted by Crippen LogP contribution is -2.21. The summed E-state index contributed by atoms with van der Waals surface area (Å²) >= 11 is 0. The van der Waals surface area contributed by atoms with Crippen LogP contribution >= 0.6 is 0 Å². The number of amides is 1. The van der Waals surface area contributed by atoms with Crippen LogP contribution in [-0.2, 0) is 4.79 Å². The molecule has 0 unspecified atom stereocenters. The predicted molar refractivity (Wildman–Crippen MR) is 100 cm³/mol. The number of nitrogens with zero attached hydrogens (tertiary/aromatic N) is 3. The van der Waals surface area contributed by atoms with Gasteiger partial charge < -0.3 is 14.2 Å². The number of carbonyl (C=O) groups is 1. The Bertz CT molecular complexity index is 1030. The Balaban J connectivity index is 1.63. The highest BCUT2D eigenvalue weighted by Crippen LogP contribution is 2.28. The first-order valence-electron chi connectivity index (χ1n) is 8.21. The Hall–Kier alpha value is -4.06. The van der Waals surface area contributed by atoms with E-state index in [1.807, 2.05) is 24.3 Å². The van der Waals surface area contributed by atoms with Crippen LogP contribution in [0.2, 0.25) is 0 Å². The van der Waals surface area contributed by atoms with E-state index in [4.69, 9.17) is 19.5 Å². The highest BCUT2D eigenvalue weighted by molar-refractivity contribution is 5.90. The Labute approximate surface area is 160 Å². The number of nitriles is 1. The van der Waals surface area contributed by atoms with Crippen LogP contribution in [0.1, 0.15) is 5.56 Å². The van der Waals surface area contributed by atoms with Gasteiger partial charge in [0.05, 0.1) is 31.4 Å². The van der Waals surface area contributed by atoms with E-state index in [1.165, 1.54) is 13.2 Å². The second kappa shape index (κ2) is 8.55. The van der Waals surface area contributed by atoms with Gasteiger partial charge >= 0.3 is 0 Å². The van der Waals surface area contributed by atoms with Crippen LogP contribution in [0, 0.1) is 11.3 Å². The monoisotopic (exact) mass is 379 g/mol. The molecule has 2 aromatic carbocycles. The Kier molecular flexibility index (Phi) is 5.72. The van der Waals surface area contributed by atoms with Crippen molar-refractivity contribution in [3.05, 3.63) is 48.0 Å². The molecule has 0 aliphatic rings. The predicted octanol–water partition coefficient (Wildman–Crippen LogP) is 2.38. The summed E-state index contributed by atoms with van der Waals surface area (Å²) in [5, 5.41) is 18.2. The number of para-hydroxylation sites is 1. The number of rotatable bonds is 7. The molecule has 0 fully saturated rings. The van der Waals surface area contributed by atoms with Crippen molar-refractivity contribution in [1.29, 1.82) is 5.26 Å². The SMILES string of the molecule is COc1cc(C#N)ccc1OCC(=O)Nc1n[nH]c(-c2ccccc2OC)n1. The Morgan fingerprint density at radius 1 is 1.14 bits per heavy atom. The molecular formula is C19H17N5O4. The molecule has 9 heteroatoms. The number of benzene rings is 2. The number of aromatic amines is 1. The van der Waals surface area contributed by atoms with Crippen LogP contribution < -0.4 is 19.5 Å². The molecule has 3 aromatic rings. The van der Waals surface area contributed by atoms with Crippen molar-refractivity contribution < 1.29 is 19.0 Å². The minimum Gasteiger partial charge on any atom is -0.496 e. The molecule has 0 aliphatic carbocycles. The quantitative estimate of drug-likeness (QED) is 0.646. The minimum atomic E-state index is -0.447. The molecule has 1 aromatic heterocycles. The maximum absolute atomic E-state index is 12.1. The summed E-state index contributed by atoms with van der Waals surface area (Å²) in [7, 11) is 3.02. The van der Waals surface area contributed by atoms with E-state index in [1.54, 1.807) is 25.3 Å². The number of methoxy groups -OCH3 is 2. The van der Waals surface area contributed by atoms with Crippen molar-refractivity contribution in [3.63, 3.8) is 0 Å². The number of aromatic nitrogens is 3. The third kappa shape index (κ3) is 4.19. The first-order valence-corrected chi connectivity index (χ1v) is 8.21. The molecule has 3 rings (SSSR count). The lowest BCUT2D eigenvalue weighted by atomic mass is 10.2. The van der Waals surface area contributed by atoms with Crippen molar-refractivity contribution in [2.24, 2.45) is 0 Å². The maximum atomic E-state index is 12.1. The lowest BCUT2D eigenvalue weighted by molar-refractivity contribution is -0.118. The molecule has 0 aliphatic heterocycles. The van der Waals surface area contributed by atoms with Gasteiger partial charge in [-0.25, -0.2) is 0 Å². The highest BCUT2D eigenvalue weighted by Gasteiger charge is 2.13. The van der Waals surface area contributed by atoms with Crippen molar-refractivity contribution in [2.45, 2.75) is 0 Å². The number of hydrogen-bond donors (Lipinski definition) is 2. The summed E-state index contributed by atoms with van der Waals surface area (Å²) in [5.41, 5.74) is 1.15. The summed E-state index contributed by atoms with van der Waals surface area (Å²) in [6.45, 7) is -0.277. The highest BCUT2D eigenvalue weighted by atomic mass is 16.5. The van der Waals surface area contributed by atoms with E-state index in [2.05, 4.69) is 20.5 Å².